The van der Waals surface area contributed by atoms with Gasteiger partial charge in [0.05, 0.1) is 0 Å². The highest BCUT2D eigenvalue weighted by Crippen LogP contribution is 2.42. The van der Waals surface area contributed by atoms with E-state index >= 15 is 0 Å². The van der Waals surface area contributed by atoms with E-state index in [1.165, 1.54) is 11.1 Å². The lowest BCUT2D eigenvalue weighted by atomic mass is 9.68. The summed E-state index contributed by atoms with van der Waals surface area (Å²) in [5, 5.41) is 0. The Bertz CT molecular complexity index is 779. The smallest absolute Gasteiger partial charge is 0.272 e. The zero-order valence-corrected chi connectivity index (χ0v) is 15.7. The number of fused-ring (bicyclic) bond motifs is 2. The summed E-state index contributed by atoms with van der Waals surface area (Å²) in [7, 11) is 0. The lowest BCUT2D eigenvalue weighted by molar-refractivity contribution is 0.0543. The average Bonchev–Trinajstić information content (AvgIpc) is 2.68. The second-order valence-electron chi connectivity index (χ2n) is 7.94. The molecule has 136 valence electrons. The van der Waals surface area contributed by atoms with E-state index in [4.69, 9.17) is 0 Å². The monoisotopic (exact) mass is 349 g/mol. The molecule has 0 atom stereocenters. The Morgan fingerprint density at radius 2 is 1.81 bits per heavy atom. The first-order valence-electron chi connectivity index (χ1n) is 9.62. The van der Waals surface area contributed by atoms with Gasteiger partial charge in [-0.1, -0.05) is 30.3 Å². The Hall–Kier alpha value is -2.20. The van der Waals surface area contributed by atoms with Crippen LogP contribution in [0.4, 0.5) is 0 Å². The molecule has 0 bridgehead atoms. The third-order valence-electron chi connectivity index (χ3n) is 6.10. The highest BCUT2D eigenvalue weighted by molar-refractivity contribution is 5.92. The van der Waals surface area contributed by atoms with Crippen molar-refractivity contribution in [3.05, 3.63) is 65.5 Å². The number of rotatable bonds is 2. The van der Waals surface area contributed by atoms with Gasteiger partial charge in [-0.05, 0) is 63.0 Å². The van der Waals surface area contributed by atoms with Crippen LogP contribution in [0.15, 0.2) is 48.7 Å². The molecule has 4 rings (SSSR count). The Morgan fingerprint density at radius 3 is 2.50 bits per heavy atom. The maximum atomic E-state index is 13.1. The summed E-state index contributed by atoms with van der Waals surface area (Å²) < 4.78 is 0. The Kier molecular flexibility index (Phi) is 4.53. The van der Waals surface area contributed by atoms with Crippen LogP contribution in [-0.4, -0.2) is 46.4 Å². The van der Waals surface area contributed by atoms with Gasteiger partial charge in [-0.25, -0.2) is 0 Å². The molecule has 1 amide bonds. The molecule has 2 aliphatic rings. The summed E-state index contributed by atoms with van der Waals surface area (Å²) in [6.45, 7) is 8.20. The van der Waals surface area contributed by atoms with Gasteiger partial charge in [0.15, 0.2) is 0 Å². The van der Waals surface area contributed by atoms with Crippen LogP contribution in [0.5, 0.6) is 0 Å². The van der Waals surface area contributed by atoms with Crippen LogP contribution in [0.25, 0.3) is 0 Å². The van der Waals surface area contributed by atoms with Gasteiger partial charge in [-0.3, -0.25) is 9.78 Å². The first-order valence-corrected chi connectivity index (χ1v) is 9.62. The van der Waals surface area contributed by atoms with Crippen LogP contribution < -0.4 is 0 Å². The third kappa shape index (κ3) is 3.03. The third-order valence-corrected chi connectivity index (χ3v) is 6.10. The van der Waals surface area contributed by atoms with E-state index in [9.17, 15) is 4.79 Å². The minimum Gasteiger partial charge on any atom is -0.332 e. The molecule has 26 heavy (non-hydrogen) atoms. The molecule has 1 fully saturated rings. The average molecular weight is 349 g/mol. The number of hydrogen-bond donors (Lipinski definition) is 0. The number of carbonyl (C=O) groups excluding carboxylic acids is 1. The first kappa shape index (κ1) is 17.2. The van der Waals surface area contributed by atoms with Crippen molar-refractivity contribution >= 4 is 5.91 Å². The lowest BCUT2D eigenvalue weighted by Gasteiger charge is -2.49. The van der Waals surface area contributed by atoms with Gasteiger partial charge in [0.1, 0.15) is 5.69 Å². The van der Waals surface area contributed by atoms with Crippen molar-refractivity contribution < 1.29 is 4.79 Å². The highest BCUT2D eigenvalue weighted by Gasteiger charge is 2.43. The van der Waals surface area contributed by atoms with Crippen LogP contribution in [0.3, 0.4) is 0 Å². The number of amides is 1. The molecular weight excluding hydrogens is 322 g/mol. The van der Waals surface area contributed by atoms with E-state index in [2.05, 4.69) is 48.0 Å². The van der Waals surface area contributed by atoms with Crippen LogP contribution in [0, 0.1) is 0 Å². The number of piperidine rings is 1. The standard InChI is InChI=1S/C22H27N3O/c1-17(2)24-13-10-22(11-14-24)16-25(15-18-7-3-4-8-19(18)22)21(26)20-9-5-6-12-23-20/h3-9,12,17H,10-11,13-16H2,1-2H3. The SMILES string of the molecule is CC(C)N1CCC2(CC1)CN(C(=O)c1ccccn1)Cc1ccccc12. The molecule has 1 spiro atoms. The molecule has 2 aromatic rings. The van der Waals surface area contributed by atoms with Crippen molar-refractivity contribution in [3.63, 3.8) is 0 Å². The maximum absolute atomic E-state index is 13.1. The molecule has 0 unspecified atom stereocenters. The minimum absolute atomic E-state index is 0.0470. The maximum Gasteiger partial charge on any atom is 0.272 e. The Morgan fingerprint density at radius 1 is 1.08 bits per heavy atom. The van der Waals surface area contributed by atoms with Crippen molar-refractivity contribution in [1.82, 2.24) is 14.8 Å². The highest BCUT2D eigenvalue weighted by atomic mass is 16.2. The normalized spacial score (nSPS) is 19.6. The van der Waals surface area contributed by atoms with Crippen LogP contribution in [0.2, 0.25) is 0 Å². The Labute approximate surface area is 155 Å². The van der Waals surface area contributed by atoms with Crippen molar-refractivity contribution in [3.8, 4) is 0 Å². The Balaban J connectivity index is 1.65. The second kappa shape index (κ2) is 6.84. The first-order chi connectivity index (χ1) is 12.6. The fourth-order valence-electron chi connectivity index (χ4n) is 4.58. The number of pyridine rings is 1. The fourth-order valence-corrected chi connectivity index (χ4v) is 4.58. The van der Waals surface area contributed by atoms with Gasteiger partial charge in [0, 0.05) is 30.7 Å². The molecule has 4 nitrogen and oxygen atoms in total. The van der Waals surface area contributed by atoms with Crippen LogP contribution in [0.1, 0.15) is 48.3 Å². The molecule has 1 saturated heterocycles. The van der Waals surface area contributed by atoms with Crippen LogP contribution in [-0.2, 0) is 12.0 Å². The molecule has 2 aliphatic heterocycles. The predicted molar refractivity (Wildman–Crippen MR) is 103 cm³/mol. The summed E-state index contributed by atoms with van der Waals surface area (Å²) in [6.07, 6.45) is 3.91. The van der Waals surface area contributed by atoms with Gasteiger partial charge in [-0.15, -0.1) is 0 Å². The summed E-state index contributed by atoms with van der Waals surface area (Å²) in [5.74, 6) is 0.0470. The number of hydrogen-bond acceptors (Lipinski definition) is 3. The topological polar surface area (TPSA) is 36.4 Å². The van der Waals surface area contributed by atoms with Gasteiger partial charge < -0.3 is 9.80 Å². The zero-order valence-electron chi connectivity index (χ0n) is 15.7. The molecule has 4 heteroatoms. The quantitative estimate of drug-likeness (QED) is 0.833. The second-order valence-corrected chi connectivity index (χ2v) is 7.94. The van der Waals surface area contributed by atoms with E-state index < -0.39 is 0 Å². The molecule has 3 heterocycles. The molecule has 0 saturated carbocycles. The number of nitrogens with zero attached hydrogens (tertiary/aromatic N) is 3. The van der Waals surface area contributed by atoms with Crippen molar-refractivity contribution in [1.29, 1.82) is 0 Å². The van der Waals surface area contributed by atoms with E-state index in [1.807, 2.05) is 23.1 Å². The molecule has 1 aromatic heterocycles. The largest absolute Gasteiger partial charge is 0.332 e. The fraction of sp³-hybridized carbons (Fsp3) is 0.455. The van der Waals surface area contributed by atoms with Crippen molar-refractivity contribution in [2.45, 2.75) is 44.7 Å². The zero-order chi connectivity index (χ0) is 18.1. The number of likely N-dealkylation sites (tertiary alicyclic amines) is 1. The summed E-state index contributed by atoms with van der Waals surface area (Å²) in [6, 6.07) is 14.8. The van der Waals surface area contributed by atoms with E-state index in [0.717, 1.165) is 32.5 Å². The van der Waals surface area contributed by atoms with Crippen LogP contribution >= 0.6 is 0 Å². The number of carbonyl (C=O) groups is 1. The predicted octanol–water partition coefficient (Wildman–Crippen LogP) is 3.48. The van der Waals surface area contributed by atoms with Crippen molar-refractivity contribution in [2.24, 2.45) is 0 Å². The van der Waals surface area contributed by atoms with Gasteiger partial charge in [0.25, 0.3) is 5.91 Å². The van der Waals surface area contributed by atoms with E-state index in [-0.39, 0.29) is 11.3 Å². The number of benzene rings is 1. The van der Waals surface area contributed by atoms with E-state index in [0.29, 0.717) is 18.3 Å². The minimum atomic E-state index is 0.0470. The molecule has 1 aromatic carbocycles. The summed E-state index contributed by atoms with van der Waals surface area (Å²) in [5.41, 5.74) is 3.36. The molecule has 0 aliphatic carbocycles. The molecular formula is C22H27N3O. The van der Waals surface area contributed by atoms with Crippen molar-refractivity contribution in [2.75, 3.05) is 19.6 Å². The summed E-state index contributed by atoms with van der Waals surface area (Å²) in [4.78, 5) is 21.9. The lowest BCUT2D eigenvalue weighted by Crippen LogP contribution is -2.54. The summed E-state index contributed by atoms with van der Waals surface area (Å²) >= 11 is 0. The number of aromatic nitrogens is 1. The van der Waals surface area contributed by atoms with E-state index in [1.54, 1.807) is 6.20 Å². The van der Waals surface area contributed by atoms with Gasteiger partial charge >= 0.3 is 0 Å². The van der Waals surface area contributed by atoms with Gasteiger partial charge in [0.2, 0.25) is 0 Å². The molecule has 0 N–H and O–H groups in total. The van der Waals surface area contributed by atoms with Gasteiger partial charge in [-0.2, -0.15) is 0 Å². The molecule has 0 radical (unpaired) electrons.